The number of ether oxygens (including phenoxy) is 1. The molecule has 1 amide bonds. The molecule has 0 unspecified atom stereocenters. The first-order valence-electron chi connectivity index (χ1n) is 9.75. The Kier molecular flexibility index (Phi) is 7.89. The number of carbonyl (C=O) groups excluding carboxylic acids is 1. The molecule has 31 heavy (non-hydrogen) atoms. The Morgan fingerprint density at radius 1 is 1.13 bits per heavy atom. The van der Waals surface area contributed by atoms with E-state index in [0.29, 0.717) is 29.4 Å². The van der Waals surface area contributed by atoms with Crippen molar-refractivity contribution in [1.82, 2.24) is 4.72 Å². The van der Waals surface area contributed by atoms with Gasteiger partial charge in [0.25, 0.3) is 5.91 Å². The van der Waals surface area contributed by atoms with E-state index < -0.39 is 10.0 Å². The third-order valence-electron chi connectivity index (χ3n) is 4.38. The van der Waals surface area contributed by atoms with Gasteiger partial charge in [-0.3, -0.25) is 4.79 Å². The Bertz CT molecular complexity index is 1110. The van der Waals surface area contributed by atoms with E-state index in [2.05, 4.69) is 32.9 Å². The molecule has 0 aliphatic heterocycles. The van der Waals surface area contributed by atoms with Crippen molar-refractivity contribution in [3.05, 3.63) is 76.7 Å². The number of amides is 1. The minimum absolute atomic E-state index is 0.0531. The van der Waals surface area contributed by atoms with Gasteiger partial charge in [-0.1, -0.05) is 29.3 Å². The van der Waals surface area contributed by atoms with Gasteiger partial charge in [0.1, 0.15) is 11.5 Å². The number of unbranched alkanes of at least 4 members (excludes halogenated alkanes) is 1. The van der Waals surface area contributed by atoms with Crippen LogP contribution in [-0.2, 0) is 16.6 Å². The van der Waals surface area contributed by atoms with Crippen LogP contribution in [0.25, 0.3) is 0 Å². The lowest BCUT2D eigenvalue weighted by atomic mass is 10.2. The molecule has 0 aliphatic carbocycles. The van der Waals surface area contributed by atoms with E-state index in [4.69, 9.17) is 9.15 Å². The lowest BCUT2D eigenvalue weighted by Gasteiger charge is -2.12. The molecule has 2 N–H and O–H groups in total. The number of nitrogens with one attached hydrogen (secondary N) is 2. The summed E-state index contributed by atoms with van der Waals surface area (Å²) < 4.78 is 38.9. The van der Waals surface area contributed by atoms with Crippen LogP contribution in [-0.4, -0.2) is 20.9 Å². The number of halogens is 1. The van der Waals surface area contributed by atoms with Gasteiger partial charge in [0.05, 0.1) is 29.9 Å². The zero-order valence-electron chi connectivity index (χ0n) is 16.9. The lowest BCUT2D eigenvalue weighted by molar-refractivity contribution is 0.102. The topological polar surface area (TPSA) is 97.6 Å². The van der Waals surface area contributed by atoms with Crippen molar-refractivity contribution in [2.75, 3.05) is 11.9 Å². The highest BCUT2D eigenvalue weighted by molar-refractivity contribution is 9.10. The average Bonchev–Trinajstić information content (AvgIpc) is 3.28. The van der Waals surface area contributed by atoms with Gasteiger partial charge in [-0.25, -0.2) is 13.1 Å². The van der Waals surface area contributed by atoms with Crippen molar-refractivity contribution in [3.8, 4) is 5.75 Å². The molecule has 1 aromatic heterocycles. The number of hydrogen-bond donors (Lipinski definition) is 2. The van der Waals surface area contributed by atoms with Crippen LogP contribution in [0.3, 0.4) is 0 Å². The molecule has 3 rings (SSSR count). The first-order valence-corrected chi connectivity index (χ1v) is 12.0. The van der Waals surface area contributed by atoms with E-state index in [9.17, 15) is 13.2 Å². The van der Waals surface area contributed by atoms with Gasteiger partial charge in [0.15, 0.2) is 0 Å². The average molecular weight is 507 g/mol. The molecule has 0 spiro atoms. The largest absolute Gasteiger partial charge is 0.493 e. The van der Waals surface area contributed by atoms with Crippen LogP contribution in [0.15, 0.2) is 74.6 Å². The second-order valence-electron chi connectivity index (χ2n) is 6.72. The quantitative estimate of drug-likeness (QED) is 0.379. The molecule has 164 valence electrons. The molecule has 0 radical (unpaired) electrons. The summed E-state index contributed by atoms with van der Waals surface area (Å²) >= 11 is 3.38. The van der Waals surface area contributed by atoms with E-state index in [-0.39, 0.29) is 17.3 Å². The van der Waals surface area contributed by atoms with Gasteiger partial charge < -0.3 is 14.5 Å². The van der Waals surface area contributed by atoms with Crippen molar-refractivity contribution < 1.29 is 22.4 Å². The highest BCUT2D eigenvalue weighted by Crippen LogP contribution is 2.25. The van der Waals surface area contributed by atoms with E-state index in [0.717, 1.165) is 17.3 Å². The van der Waals surface area contributed by atoms with Crippen LogP contribution in [0.5, 0.6) is 5.75 Å². The number of carbonyl (C=O) groups is 1. The molecule has 1 heterocycles. The Balaban J connectivity index is 1.68. The first-order chi connectivity index (χ1) is 14.9. The zero-order valence-corrected chi connectivity index (χ0v) is 19.3. The van der Waals surface area contributed by atoms with Gasteiger partial charge in [-0.2, -0.15) is 0 Å². The summed E-state index contributed by atoms with van der Waals surface area (Å²) in [6.07, 6.45) is 3.36. The summed E-state index contributed by atoms with van der Waals surface area (Å²) in [5.74, 6) is 0.660. The molecule has 0 aliphatic rings. The maximum absolute atomic E-state index is 12.8. The van der Waals surface area contributed by atoms with Gasteiger partial charge >= 0.3 is 0 Å². The van der Waals surface area contributed by atoms with Gasteiger partial charge in [-0.05, 0) is 61.0 Å². The number of sulfonamides is 1. The number of anilines is 1. The summed E-state index contributed by atoms with van der Waals surface area (Å²) in [4.78, 5) is 12.9. The smallest absolute Gasteiger partial charge is 0.259 e. The molecule has 7 nitrogen and oxygen atoms in total. The maximum atomic E-state index is 12.8. The molecule has 9 heteroatoms. The van der Waals surface area contributed by atoms with Crippen molar-refractivity contribution in [1.29, 1.82) is 0 Å². The van der Waals surface area contributed by atoms with Crippen LogP contribution in [0, 0.1) is 0 Å². The highest BCUT2D eigenvalue weighted by Gasteiger charge is 2.16. The maximum Gasteiger partial charge on any atom is 0.259 e. The molecule has 0 saturated heterocycles. The Morgan fingerprint density at radius 3 is 2.58 bits per heavy atom. The number of hydrogen-bond acceptors (Lipinski definition) is 5. The molecule has 0 saturated carbocycles. The van der Waals surface area contributed by atoms with Crippen LogP contribution in [0.1, 0.15) is 35.9 Å². The Labute approximate surface area is 190 Å². The van der Waals surface area contributed by atoms with Crippen LogP contribution in [0.2, 0.25) is 0 Å². The van der Waals surface area contributed by atoms with Crippen LogP contribution < -0.4 is 14.8 Å². The monoisotopic (exact) mass is 506 g/mol. The summed E-state index contributed by atoms with van der Waals surface area (Å²) in [7, 11) is -3.71. The van der Waals surface area contributed by atoms with Crippen molar-refractivity contribution in [2.45, 2.75) is 31.2 Å². The predicted octanol–water partition coefficient (Wildman–Crippen LogP) is 4.95. The number of benzene rings is 2. The van der Waals surface area contributed by atoms with E-state index in [1.807, 2.05) is 6.07 Å². The van der Waals surface area contributed by atoms with Gasteiger partial charge in [0, 0.05) is 10.2 Å². The standard InChI is InChI=1S/C22H23BrN2O5S/c1-2-3-12-30-21-11-6-16(23)14-20(21)22(26)25-17-7-9-19(10-8-17)31(27,28)24-15-18-5-4-13-29-18/h4-11,13-14,24H,2-3,12,15H2,1H3,(H,25,26). The molecule has 2 aromatic carbocycles. The fourth-order valence-electron chi connectivity index (χ4n) is 2.71. The molecule has 0 bridgehead atoms. The summed E-state index contributed by atoms with van der Waals surface area (Å²) in [5.41, 5.74) is 0.858. The van der Waals surface area contributed by atoms with Crippen LogP contribution >= 0.6 is 15.9 Å². The summed E-state index contributed by atoms with van der Waals surface area (Å²) in [6.45, 7) is 2.64. The van der Waals surface area contributed by atoms with Crippen LogP contribution in [0.4, 0.5) is 5.69 Å². The highest BCUT2D eigenvalue weighted by atomic mass is 79.9. The third kappa shape index (κ3) is 6.43. The third-order valence-corrected chi connectivity index (χ3v) is 6.29. The summed E-state index contributed by atoms with van der Waals surface area (Å²) in [5, 5.41) is 2.78. The second kappa shape index (κ2) is 10.6. The molecule has 0 atom stereocenters. The van der Waals surface area contributed by atoms with E-state index in [1.165, 1.54) is 30.5 Å². The molecule has 0 fully saturated rings. The predicted molar refractivity (Wildman–Crippen MR) is 122 cm³/mol. The number of furan rings is 1. The lowest BCUT2D eigenvalue weighted by Crippen LogP contribution is -2.23. The van der Waals surface area contributed by atoms with Crippen molar-refractivity contribution >= 4 is 37.5 Å². The first kappa shape index (κ1) is 23.1. The second-order valence-corrected chi connectivity index (χ2v) is 9.41. The fourth-order valence-corrected chi connectivity index (χ4v) is 4.06. The minimum Gasteiger partial charge on any atom is -0.493 e. The Morgan fingerprint density at radius 2 is 1.90 bits per heavy atom. The number of rotatable bonds is 10. The minimum atomic E-state index is -3.71. The van der Waals surface area contributed by atoms with E-state index >= 15 is 0 Å². The molecular formula is C22H23BrN2O5S. The van der Waals surface area contributed by atoms with Crippen molar-refractivity contribution in [3.63, 3.8) is 0 Å². The normalized spacial score (nSPS) is 11.3. The van der Waals surface area contributed by atoms with Gasteiger partial charge in [-0.15, -0.1) is 0 Å². The fraction of sp³-hybridized carbons (Fsp3) is 0.227. The molecule has 3 aromatic rings. The molecular weight excluding hydrogens is 484 g/mol. The summed E-state index contributed by atoms with van der Waals surface area (Å²) in [6, 6.07) is 14.6. The zero-order chi connectivity index (χ0) is 22.3. The van der Waals surface area contributed by atoms with E-state index in [1.54, 1.807) is 24.3 Å². The van der Waals surface area contributed by atoms with Crippen molar-refractivity contribution in [2.24, 2.45) is 0 Å². The SMILES string of the molecule is CCCCOc1ccc(Br)cc1C(=O)Nc1ccc(S(=O)(=O)NCc2ccco2)cc1. The van der Waals surface area contributed by atoms with Gasteiger partial charge in [0.2, 0.25) is 10.0 Å². The Hall–Kier alpha value is -2.62.